The van der Waals surface area contributed by atoms with Gasteiger partial charge in [-0.1, -0.05) is 0 Å². The van der Waals surface area contributed by atoms with Crippen molar-refractivity contribution in [1.29, 1.82) is 0 Å². The molecule has 0 radical (unpaired) electrons. The van der Waals surface area contributed by atoms with Crippen LogP contribution in [0.5, 0.6) is 0 Å². The van der Waals surface area contributed by atoms with Crippen LogP contribution in [0.15, 0.2) is 53.6 Å². The summed E-state index contributed by atoms with van der Waals surface area (Å²) in [6.45, 7) is 4.14. The third-order valence-electron chi connectivity index (χ3n) is 4.37. The van der Waals surface area contributed by atoms with Crippen molar-refractivity contribution in [3.8, 4) is 0 Å². The quantitative estimate of drug-likeness (QED) is 0.747. The zero-order chi connectivity index (χ0) is 15.8. The van der Waals surface area contributed by atoms with Crippen molar-refractivity contribution in [2.75, 3.05) is 6.54 Å². The molecule has 3 aromatic heterocycles. The Bertz CT molecular complexity index is 815. The van der Waals surface area contributed by atoms with Crippen molar-refractivity contribution in [1.82, 2.24) is 19.0 Å². The van der Waals surface area contributed by atoms with E-state index in [-0.39, 0.29) is 11.9 Å². The normalized spacial score (nSPS) is 17.3. The van der Waals surface area contributed by atoms with Crippen LogP contribution >= 0.6 is 0 Å². The third-order valence-corrected chi connectivity index (χ3v) is 4.37. The average molecular weight is 310 g/mol. The summed E-state index contributed by atoms with van der Waals surface area (Å²) in [4.78, 5) is 18.6. The van der Waals surface area contributed by atoms with Crippen LogP contribution in [0.4, 0.5) is 0 Å². The van der Waals surface area contributed by atoms with E-state index in [1.165, 1.54) is 0 Å². The van der Waals surface area contributed by atoms with E-state index in [1.807, 2.05) is 27.8 Å². The highest BCUT2D eigenvalue weighted by atomic mass is 16.4. The standard InChI is InChI=1S/C17H18N4O2/c1-13-15-3-2-7-20(15)9-10-21(13)17(22)16-5-4-14(23-16)11-19-8-6-18-12-19/h2-8,12-13H,9-11H2,1H3. The van der Waals surface area contributed by atoms with Gasteiger partial charge in [-0.25, -0.2) is 4.98 Å². The van der Waals surface area contributed by atoms with Crippen molar-refractivity contribution in [2.24, 2.45) is 0 Å². The number of hydrogen-bond donors (Lipinski definition) is 0. The van der Waals surface area contributed by atoms with Gasteiger partial charge in [0.2, 0.25) is 0 Å². The van der Waals surface area contributed by atoms with E-state index in [4.69, 9.17) is 4.42 Å². The van der Waals surface area contributed by atoms with Crippen molar-refractivity contribution < 1.29 is 9.21 Å². The molecule has 1 aliphatic heterocycles. The molecule has 1 atom stereocenters. The van der Waals surface area contributed by atoms with E-state index in [0.717, 1.165) is 18.0 Å². The van der Waals surface area contributed by atoms with Gasteiger partial charge >= 0.3 is 0 Å². The minimum absolute atomic E-state index is 0.0495. The molecule has 0 aliphatic carbocycles. The summed E-state index contributed by atoms with van der Waals surface area (Å²) in [5, 5.41) is 0. The number of nitrogens with zero attached hydrogens (tertiary/aromatic N) is 4. The van der Waals surface area contributed by atoms with E-state index >= 15 is 0 Å². The largest absolute Gasteiger partial charge is 0.454 e. The Morgan fingerprint density at radius 3 is 3.04 bits per heavy atom. The smallest absolute Gasteiger partial charge is 0.290 e. The average Bonchev–Trinajstić information content (AvgIpc) is 3.29. The lowest BCUT2D eigenvalue weighted by molar-refractivity contribution is 0.0609. The minimum atomic E-state index is -0.0539. The van der Waals surface area contributed by atoms with Gasteiger partial charge in [0.25, 0.3) is 5.91 Å². The summed E-state index contributed by atoms with van der Waals surface area (Å²) in [7, 11) is 0. The highest BCUT2D eigenvalue weighted by Crippen LogP contribution is 2.27. The molecular formula is C17H18N4O2. The fourth-order valence-electron chi connectivity index (χ4n) is 3.14. The van der Waals surface area contributed by atoms with Gasteiger partial charge in [-0.2, -0.15) is 0 Å². The molecular weight excluding hydrogens is 292 g/mol. The van der Waals surface area contributed by atoms with Gasteiger partial charge in [0.05, 0.1) is 18.9 Å². The highest BCUT2D eigenvalue weighted by Gasteiger charge is 2.29. The Morgan fingerprint density at radius 2 is 2.22 bits per heavy atom. The second-order valence-electron chi connectivity index (χ2n) is 5.80. The number of amides is 1. The molecule has 3 aromatic rings. The molecule has 23 heavy (non-hydrogen) atoms. The Kier molecular flexibility index (Phi) is 3.29. The Balaban J connectivity index is 1.52. The number of carbonyl (C=O) groups excluding carboxylic acids is 1. The van der Waals surface area contributed by atoms with Gasteiger partial charge in [0.15, 0.2) is 5.76 Å². The Labute approximate surface area is 134 Å². The molecule has 1 amide bonds. The zero-order valence-electron chi connectivity index (χ0n) is 12.9. The highest BCUT2D eigenvalue weighted by molar-refractivity contribution is 5.91. The lowest BCUT2D eigenvalue weighted by Crippen LogP contribution is -2.40. The maximum Gasteiger partial charge on any atom is 0.290 e. The molecule has 1 aliphatic rings. The van der Waals surface area contributed by atoms with Gasteiger partial charge in [0.1, 0.15) is 5.76 Å². The third kappa shape index (κ3) is 2.46. The van der Waals surface area contributed by atoms with Crippen molar-refractivity contribution in [3.63, 3.8) is 0 Å². The Hall–Kier alpha value is -2.76. The molecule has 1 unspecified atom stereocenters. The van der Waals surface area contributed by atoms with Crippen LogP contribution in [0.1, 0.15) is 35.0 Å². The summed E-state index contributed by atoms with van der Waals surface area (Å²) < 4.78 is 9.84. The number of fused-ring (bicyclic) bond motifs is 1. The topological polar surface area (TPSA) is 56.2 Å². The number of carbonyl (C=O) groups is 1. The first-order valence-corrected chi connectivity index (χ1v) is 7.73. The predicted molar refractivity (Wildman–Crippen MR) is 83.9 cm³/mol. The molecule has 6 nitrogen and oxygen atoms in total. The molecule has 6 heteroatoms. The second-order valence-corrected chi connectivity index (χ2v) is 5.80. The summed E-state index contributed by atoms with van der Waals surface area (Å²) in [6.07, 6.45) is 7.37. The molecule has 4 rings (SSSR count). The second kappa shape index (κ2) is 5.46. The predicted octanol–water partition coefficient (Wildman–Crippen LogP) is 2.54. The molecule has 4 heterocycles. The van der Waals surface area contributed by atoms with Gasteiger partial charge in [0, 0.05) is 37.4 Å². The SMILES string of the molecule is CC1c2cccn2CCN1C(=O)c1ccc(Cn2ccnc2)o1. The van der Waals surface area contributed by atoms with Crippen LogP contribution in [-0.4, -0.2) is 31.5 Å². The van der Waals surface area contributed by atoms with E-state index in [9.17, 15) is 4.79 Å². The number of furan rings is 1. The van der Waals surface area contributed by atoms with Crippen molar-refractivity contribution >= 4 is 5.91 Å². The van der Waals surface area contributed by atoms with Crippen LogP contribution in [-0.2, 0) is 13.1 Å². The maximum absolute atomic E-state index is 12.8. The number of hydrogen-bond acceptors (Lipinski definition) is 3. The van der Waals surface area contributed by atoms with Crippen LogP contribution < -0.4 is 0 Å². The lowest BCUT2D eigenvalue weighted by atomic mass is 10.1. The van der Waals surface area contributed by atoms with Crippen LogP contribution in [0.25, 0.3) is 0 Å². The molecule has 0 fully saturated rings. The summed E-state index contributed by atoms with van der Waals surface area (Å²) in [5.41, 5.74) is 1.16. The van der Waals surface area contributed by atoms with E-state index in [2.05, 4.69) is 28.7 Å². The maximum atomic E-state index is 12.8. The molecule has 118 valence electrons. The summed E-state index contributed by atoms with van der Waals surface area (Å²) in [5.74, 6) is 1.09. The summed E-state index contributed by atoms with van der Waals surface area (Å²) >= 11 is 0. The van der Waals surface area contributed by atoms with Crippen molar-refractivity contribution in [3.05, 3.63) is 66.4 Å². The molecule has 0 N–H and O–H groups in total. The van der Waals surface area contributed by atoms with Gasteiger partial charge in [-0.05, 0) is 31.2 Å². The first kappa shape index (κ1) is 13.9. The monoisotopic (exact) mass is 310 g/mol. The number of imidazole rings is 1. The number of aromatic nitrogens is 3. The van der Waals surface area contributed by atoms with E-state index < -0.39 is 0 Å². The fraction of sp³-hybridized carbons (Fsp3) is 0.294. The molecule has 0 aromatic carbocycles. The fourth-order valence-corrected chi connectivity index (χ4v) is 3.14. The van der Waals surface area contributed by atoms with Gasteiger partial charge in [-0.3, -0.25) is 4.79 Å². The minimum Gasteiger partial charge on any atom is -0.454 e. The van der Waals surface area contributed by atoms with E-state index in [1.54, 1.807) is 18.6 Å². The van der Waals surface area contributed by atoms with Crippen molar-refractivity contribution in [2.45, 2.75) is 26.1 Å². The first-order valence-electron chi connectivity index (χ1n) is 7.73. The molecule has 0 bridgehead atoms. The summed E-state index contributed by atoms with van der Waals surface area (Å²) in [6, 6.07) is 7.75. The molecule has 0 spiro atoms. The van der Waals surface area contributed by atoms with Crippen LogP contribution in [0.2, 0.25) is 0 Å². The zero-order valence-corrected chi connectivity index (χ0v) is 12.9. The molecule has 0 saturated heterocycles. The lowest BCUT2D eigenvalue weighted by Gasteiger charge is -2.34. The van der Waals surface area contributed by atoms with Crippen LogP contribution in [0.3, 0.4) is 0 Å². The number of rotatable bonds is 3. The van der Waals surface area contributed by atoms with Crippen LogP contribution in [0, 0.1) is 0 Å². The molecule has 0 saturated carbocycles. The Morgan fingerprint density at radius 1 is 1.30 bits per heavy atom. The van der Waals surface area contributed by atoms with Gasteiger partial charge in [-0.15, -0.1) is 0 Å². The van der Waals surface area contributed by atoms with E-state index in [0.29, 0.717) is 18.8 Å². The van der Waals surface area contributed by atoms with Gasteiger partial charge < -0.3 is 18.5 Å². The first-order chi connectivity index (χ1) is 11.2.